The molecule has 1 aliphatic heterocycles. The Hall–Kier alpha value is -0.610. The van der Waals surface area contributed by atoms with E-state index >= 15 is 0 Å². The summed E-state index contributed by atoms with van der Waals surface area (Å²) in [4.78, 5) is 14.1. The quantitative estimate of drug-likeness (QED) is 0.762. The van der Waals surface area contributed by atoms with Crippen molar-refractivity contribution < 1.29 is 9.53 Å². The predicted molar refractivity (Wildman–Crippen MR) is 68.9 cm³/mol. The molecule has 0 saturated carbocycles. The predicted octanol–water partition coefficient (Wildman–Crippen LogP) is 1.26. The number of nitrogens with one attached hydrogen (secondary N) is 1. The topological polar surface area (TPSA) is 41.6 Å². The lowest BCUT2D eigenvalue weighted by Crippen LogP contribution is -2.47. The summed E-state index contributed by atoms with van der Waals surface area (Å²) < 4.78 is 5.00. The number of nitrogens with zero attached hydrogens (tertiary/aromatic N) is 1. The Morgan fingerprint density at radius 1 is 1.29 bits per heavy atom. The van der Waals surface area contributed by atoms with Crippen LogP contribution in [-0.4, -0.2) is 49.7 Å². The number of likely N-dealkylation sites (tertiary alicyclic amines) is 1. The molecular formula is C13H26N2O2. The Morgan fingerprint density at radius 2 is 1.88 bits per heavy atom. The summed E-state index contributed by atoms with van der Waals surface area (Å²) in [5.41, 5.74) is 0. The third kappa shape index (κ3) is 4.28. The number of amides is 1. The lowest BCUT2D eigenvalue weighted by molar-refractivity contribution is -0.130. The van der Waals surface area contributed by atoms with E-state index in [1.54, 1.807) is 14.0 Å². The number of ether oxygens (including phenoxy) is 1. The number of methoxy groups -OCH3 is 1. The summed E-state index contributed by atoms with van der Waals surface area (Å²) in [5, 5.41) is 2.99. The molecule has 0 aromatic rings. The lowest BCUT2D eigenvalue weighted by atomic mass is 10.0. The first-order valence-electron chi connectivity index (χ1n) is 6.60. The van der Waals surface area contributed by atoms with Crippen LogP contribution in [-0.2, 0) is 9.53 Å². The van der Waals surface area contributed by atoms with E-state index in [9.17, 15) is 4.79 Å². The van der Waals surface area contributed by atoms with Crippen LogP contribution >= 0.6 is 0 Å². The molecule has 17 heavy (non-hydrogen) atoms. The van der Waals surface area contributed by atoms with Gasteiger partial charge in [0, 0.05) is 19.7 Å². The molecule has 0 aromatic carbocycles. The van der Waals surface area contributed by atoms with Crippen molar-refractivity contribution in [1.82, 2.24) is 10.2 Å². The van der Waals surface area contributed by atoms with Crippen molar-refractivity contribution in [1.29, 1.82) is 0 Å². The van der Waals surface area contributed by atoms with Crippen molar-refractivity contribution in [2.24, 2.45) is 5.92 Å². The van der Waals surface area contributed by atoms with Crippen molar-refractivity contribution in [2.45, 2.75) is 45.8 Å². The summed E-state index contributed by atoms with van der Waals surface area (Å²) in [6.07, 6.45) is 2.21. The molecule has 2 unspecified atom stereocenters. The molecule has 0 spiro atoms. The van der Waals surface area contributed by atoms with Crippen LogP contribution in [0.1, 0.15) is 33.6 Å². The molecule has 100 valence electrons. The van der Waals surface area contributed by atoms with Gasteiger partial charge < -0.3 is 10.1 Å². The second kappa shape index (κ2) is 6.97. The maximum absolute atomic E-state index is 11.7. The van der Waals surface area contributed by atoms with E-state index in [0.717, 1.165) is 6.54 Å². The normalized spacial score (nSPS) is 20.5. The average molecular weight is 242 g/mol. The first kappa shape index (κ1) is 14.5. The van der Waals surface area contributed by atoms with Gasteiger partial charge in [0.2, 0.25) is 5.91 Å². The Kier molecular flexibility index (Phi) is 5.92. The zero-order valence-corrected chi connectivity index (χ0v) is 11.5. The van der Waals surface area contributed by atoms with Gasteiger partial charge in [-0.25, -0.2) is 0 Å². The fourth-order valence-electron chi connectivity index (χ4n) is 2.32. The first-order valence-corrected chi connectivity index (χ1v) is 6.60. The molecule has 1 rings (SSSR count). The van der Waals surface area contributed by atoms with E-state index in [0.29, 0.717) is 12.0 Å². The molecule has 1 heterocycles. The highest BCUT2D eigenvalue weighted by Gasteiger charge is 2.25. The highest BCUT2D eigenvalue weighted by molar-refractivity contribution is 5.80. The first-order chi connectivity index (χ1) is 8.06. The van der Waals surface area contributed by atoms with Gasteiger partial charge in [0.1, 0.15) is 6.10 Å². The molecule has 4 heteroatoms. The molecule has 0 aliphatic carbocycles. The van der Waals surface area contributed by atoms with Crippen molar-refractivity contribution in [3.8, 4) is 0 Å². The van der Waals surface area contributed by atoms with Crippen LogP contribution < -0.4 is 5.32 Å². The highest BCUT2D eigenvalue weighted by atomic mass is 16.5. The summed E-state index contributed by atoms with van der Waals surface area (Å²) in [6, 6.07) is 0.450. The van der Waals surface area contributed by atoms with E-state index in [1.807, 2.05) is 0 Å². The SMILES string of the molecule is COC(C)C(=O)NCC(C(C)C)N1CCCC1. The molecule has 0 bridgehead atoms. The number of rotatable bonds is 6. The van der Waals surface area contributed by atoms with E-state index in [1.165, 1.54) is 25.9 Å². The zero-order chi connectivity index (χ0) is 12.8. The van der Waals surface area contributed by atoms with Crippen molar-refractivity contribution in [3.05, 3.63) is 0 Å². The van der Waals surface area contributed by atoms with E-state index in [2.05, 4.69) is 24.1 Å². The minimum Gasteiger partial charge on any atom is -0.372 e. The summed E-state index contributed by atoms with van der Waals surface area (Å²) >= 11 is 0. The van der Waals surface area contributed by atoms with Gasteiger partial charge in [-0.15, -0.1) is 0 Å². The van der Waals surface area contributed by atoms with Crippen molar-refractivity contribution in [2.75, 3.05) is 26.7 Å². The van der Waals surface area contributed by atoms with E-state index < -0.39 is 0 Å². The van der Waals surface area contributed by atoms with Crippen LogP contribution in [0.15, 0.2) is 0 Å². The van der Waals surface area contributed by atoms with E-state index in [-0.39, 0.29) is 12.0 Å². The second-order valence-electron chi connectivity index (χ2n) is 5.18. The van der Waals surface area contributed by atoms with E-state index in [4.69, 9.17) is 4.74 Å². The van der Waals surface area contributed by atoms with Gasteiger partial charge >= 0.3 is 0 Å². The van der Waals surface area contributed by atoms with Gasteiger partial charge in [-0.05, 0) is 38.8 Å². The molecule has 1 saturated heterocycles. The molecule has 1 aliphatic rings. The molecule has 0 radical (unpaired) electrons. The maximum atomic E-state index is 11.7. The van der Waals surface area contributed by atoms with Crippen LogP contribution in [0, 0.1) is 5.92 Å². The summed E-state index contributed by atoms with van der Waals surface area (Å²) in [5.74, 6) is 0.545. The number of hydrogen-bond acceptors (Lipinski definition) is 3. The average Bonchev–Trinajstić information content (AvgIpc) is 2.81. The minimum absolute atomic E-state index is 0.0163. The van der Waals surface area contributed by atoms with Gasteiger partial charge in [-0.2, -0.15) is 0 Å². The molecule has 4 nitrogen and oxygen atoms in total. The highest BCUT2D eigenvalue weighted by Crippen LogP contribution is 2.17. The fraction of sp³-hybridized carbons (Fsp3) is 0.923. The van der Waals surface area contributed by atoms with Crippen molar-refractivity contribution >= 4 is 5.91 Å². The molecular weight excluding hydrogens is 216 g/mol. The van der Waals surface area contributed by atoms with Crippen LogP contribution in [0.25, 0.3) is 0 Å². The number of carbonyl (C=O) groups excluding carboxylic acids is 1. The third-order valence-corrected chi connectivity index (χ3v) is 3.59. The Balaban J connectivity index is 2.41. The standard InChI is InChI=1S/C13H26N2O2/c1-10(2)12(15-7-5-6-8-15)9-14-13(16)11(3)17-4/h10-12H,5-9H2,1-4H3,(H,14,16). The van der Waals surface area contributed by atoms with Crippen LogP contribution in [0.4, 0.5) is 0 Å². The Labute approximate surface area is 105 Å². The third-order valence-electron chi connectivity index (χ3n) is 3.59. The van der Waals surface area contributed by atoms with Crippen LogP contribution in [0.2, 0.25) is 0 Å². The van der Waals surface area contributed by atoms with Gasteiger partial charge in [0.05, 0.1) is 0 Å². The van der Waals surface area contributed by atoms with Crippen molar-refractivity contribution in [3.63, 3.8) is 0 Å². The lowest BCUT2D eigenvalue weighted by Gasteiger charge is -2.31. The fourth-order valence-corrected chi connectivity index (χ4v) is 2.32. The monoisotopic (exact) mass is 242 g/mol. The molecule has 2 atom stereocenters. The smallest absolute Gasteiger partial charge is 0.248 e. The maximum Gasteiger partial charge on any atom is 0.248 e. The molecule has 1 amide bonds. The van der Waals surface area contributed by atoms with Gasteiger partial charge in [-0.1, -0.05) is 13.8 Å². The molecule has 1 N–H and O–H groups in total. The van der Waals surface area contributed by atoms with Gasteiger partial charge in [0.15, 0.2) is 0 Å². The largest absolute Gasteiger partial charge is 0.372 e. The summed E-state index contributed by atoms with van der Waals surface area (Å²) in [6.45, 7) is 9.26. The summed E-state index contributed by atoms with van der Waals surface area (Å²) in [7, 11) is 1.56. The number of hydrogen-bond donors (Lipinski definition) is 1. The van der Waals surface area contributed by atoms with Gasteiger partial charge in [0.25, 0.3) is 0 Å². The minimum atomic E-state index is -0.360. The van der Waals surface area contributed by atoms with Crippen LogP contribution in [0.5, 0.6) is 0 Å². The number of carbonyl (C=O) groups is 1. The van der Waals surface area contributed by atoms with Crippen LogP contribution in [0.3, 0.4) is 0 Å². The Morgan fingerprint density at radius 3 is 2.35 bits per heavy atom. The Bertz CT molecular complexity index is 238. The molecule has 0 aromatic heterocycles. The molecule has 1 fully saturated rings. The second-order valence-corrected chi connectivity index (χ2v) is 5.18. The zero-order valence-electron chi connectivity index (χ0n) is 11.5. The van der Waals surface area contributed by atoms with Gasteiger partial charge in [-0.3, -0.25) is 9.69 Å².